The van der Waals surface area contributed by atoms with Crippen LogP contribution >= 0.6 is 0 Å². The molecule has 0 bridgehead atoms. The van der Waals surface area contributed by atoms with Crippen molar-refractivity contribution in [3.8, 4) is 12.3 Å². The van der Waals surface area contributed by atoms with Crippen LogP contribution in [0.4, 0.5) is 0 Å². The molecule has 0 atom stereocenters. The fourth-order valence-electron chi connectivity index (χ4n) is 2.66. The van der Waals surface area contributed by atoms with Crippen molar-refractivity contribution in [3.63, 3.8) is 0 Å². The molecule has 0 fully saturated rings. The predicted molar refractivity (Wildman–Crippen MR) is 83.9 cm³/mol. The molecule has 3 rings (SSSR count). The molecule has 0 aliphatic carbocycles. The predicted octanol–water partition coefficient (Wildman–Crippen LogP) is 3.52. The molecule has 0 saturated heterocycles. The van der Waals surface area contributed by atoms with Crippen molar-refractivity contribution in [2.75, 3.05) is 0 Å². The molecular weight excluding hydrogens is 246 g/mol. The summed E-state index contributed by atoms with van der Waals surface area (Å²) < 4.78 is 2.07. The van der Waals surface area contributed by atoms with Crippen molar-refractivity contribution < 1.29 is 0 Å². The second-order valence-corrected chi connectivity index (χ2v) is 5.40. The van der Waals surface area contributed by atoms with E-state index in [0.717, 1.165) is 11.0 Å². The maximum absolute atomic E-state index is 12.6. The molecule has 0 saturated carbocycles. The average Bonchev–Trinajstić information content (AvgIpc) is 2.47. The molecule has 20 heavy (non-hydrogen) atoms. The lowest BCUT2D eigenvalue weighted by molar-refractivity contribution is 0.505. The zero-order chi connectivity index (χ0) is 14.3. The summed E-state index contributed by atoms with van der Waals surface area (Å²) in [7, 11) is 0. The van der Waals surface area contributed by atoms with Gasteiger partial charge in [-0.25, -0.2) is 0 Å². The van der Waals surface area contributed by atoms with E-state index in [0.29, 0.717) is 10.8 Å². The first-order chi connectivity index (χ1) is 9.56. The third-order valence-electron chi connectivity index (χ3n) is 3.69. The standard InChI is InChI=1S/C18H15NO/c1-4-18(2,3)19-15-11-7-5-9-13(15)17(20)14-10-6-8-12-16(14)19/h1,5-12H,2-3H3. The molecule has 2 aromatic carbocycles. The Morgan fingerprint density at radius 1 is 0.950 bits per heavy atom. The quantitative estimate of drug-likeness (QED) is 0.485. The summed E-state index contributed by atoms with van der Waals surface area (Å²) in [6.07, 6.45) is 5.71. The maximum atomic E-state index is 12.6. The van der Waals surface area contributed by atoms with Gasteiger partial charge in [-0.05, 0) is 38.1 Å². The van der Waals surface area contributed by atoms with Crippen molar-refractivity contribution in [2.45, 2.75) is 19.4 Å². The van der Waals surface area contributed by atoms with Crippen LogP contribution in [0.25, 0.3) is 21.8 Å². The number of benzene rings is 2. The smallest absolute Gasteiger partial charge is 0.197 e. The Kier molecular flexibility index (Phi) is 2.65. The summed E-state index contributed by atoms with van der Waals surface area (Å²) in [4.78, 5) is 12.6. The number of hydrogen-bond acceptors (Lipinski definition) is 1. The Balaban J connectivity index is 2.69. The Morgan fingerprint density at radius 3 is 1.85 bits per heavy atom. The first-order valence-electron chi connectivity index (χ1n) is 6.57. The molecule has 1 aromatic heterocycles. The first kappa shape index (κ1) is 12.5. The molecule has 0 radical (unpaired) electrons. The molecule has 0 amide bonds. The van der Waals surface area contributed by atoms with Crippen LogP contribution in [0.2, 0.25) is 0 Å². The van der Waals surface area contributed by atoms with Gasteiger partial charge in [0.05, 0.1) is 11.0 Å². The number of para-hydroxylation sites is 2. The second kappa shape index (κ2) is 4.25. The third kappa shape index (κ3) is 1.64. The normalized spacial score (nSPS) is 11.7. The summed E-state index contributed by atoms with van der Waals surface area (Å²) in [5, 5.41) is 1.41. The number of aromatic nitrogens is 1. The number of hydrogen-bond donors (Lipinski definition) is 0. The highest BCUT2D eigenvalue weighted by molar-refractivity contribution is 5.93. The molecule has 0 aliphatic heterocycles. The Bertz CT molecular complexity index is 850. The van der Waals surface area contributed by atoms with Gasteiger partial charge in [-0.3, -0.25) is 4.79 Å². The van der Waals surface area contributed by atoms with E-state index in [1.165, 1.54) is 0 Å². The molecule has 0 unspecified atom stereocenters. The SMILES string of the molecule is C#CC(C)(C)n1c2ccccc2c(=O)c2ccccc21. The van der Waals surface area contributed by atoms with Gasteiger partial charge in [0.15, 0.2) is 5.43 Å². The molecule has 3 aromatic rings. The van der Waals surface area contributed by atoms with Crippen LogP contribution in [0.1, 0.15) is 13.8 Å². The first-order valence-corrected chi connectivity index (χ1v) is 6.57. The molecule has 1 heterocycles. The lowest BCUT2D eigenvalue weighted by Crippen LogP contribution is -2.27. The summed E-state index contributed by atoms with van der Waals surface area (Å²) in [5.41, 5.74) is 1.30. The highest BCUT2D eigenvalue weighted by atomic mass is 16.1. The van der Waals surface area contributed by atoms with Gasteiger partial charge >= 0.3 is 0 Å². The van der Waals surface area contributed by atoms with E-state index in [1.54, 1.807) is 0 Å². The molecule has 98 valence electrons. The summed E-state index contributed by atoms with van der Waals surface area (Å²) in [6, 6.07) is 15.2. The van der Waals surface area contributed by atoms with Crippen molar-refractivity contribution in [2.24, 2.45) is 0 Å². The third-order valence-corrected chi connectivity index (χ3v) is 3.69. The Hall–Kier alpha value is -2.53. The zero-order valence-corrected chi connectivity index (χ0v) is 11.6. The summed E-state index contributed by atoms with van der Waals surface area (Å²) in [5.74, 6) is 2.82. The van der Waals surface area contributed by atoms with Crippen LogP contribution < -0.4 is 5.43 Å². The lowest BCUT2D eigenvalue weighted by Gasteiger charge is -2.27. The van der Waals surface area contributed by atoms with E-state index in [2.05, 4.69) is 10.5 Å². The van der Waals surface area contributed by atoms with Crippen LogP contribution in [0.3, 0.4) is 0 Å². The van der Waals surface area contributed by atoms with Crippen molar-refractivity contribution in [1.29, 1.82) is 0 Å². The molecule has 2 heteroatoms. The minimum absolute atomic E-state index is 0.0558. The lowest BCUT2D eigenvalue weighted by atomic mass is 10.0. The van der Waals surface area contributed by atoms with E-state index in [-0.39, 0.29) is 5.43 Å². The fourth-order valence-corrected chi connectivity index (χ4v) is 2.66. The monoisotopic (exact) mass is 261 g/mol. The van der Waals surface area contributed by atoms with Gasteiger partial charge in [-0.1, -0.05) is 30.2 Å². The Labute approximate surface area is 117 Å². The number of terminal acetylenes is 1. The second-order valence-electron chi connectivity index (χ2n) is 5.40. The maximum Gasteiger partial charge on any atom is 0.197 e. The van der Waals surface area contributed by atoms with Gasteiger partial charge in [-0.2, -0.15) is 0 Å². The number of fused-ring (bicyclic) bond motifs is 2. The molecule has 2 nitrogen and oxygen atoms in total. The number of nitrogens with zero attached hydrogens (tertiary/aromatic N) is 1. The molecule has 0 N–H and O–H groups in total. The van der Waals surface area contributed by atoms with E-state index in [4.69, 9.17) is 6.42 Å². The van der Waals surface area contributed by atoms with Gasteiger partial charge < -0.3 is 4.57 Å². The topological polar surface area (TPSA) is 22.0 Å². The van der Waals surface area contributed by atoms with E-state index in [9.17, 15) is 4.79 Å². The molecule has 0 spiro atoms. The Morgan fingerprint density at radius 2 is 1.40 bits per heavy atom. The van der Waals surface area contributed by atoms with Crippen LogP contribution in [0.15, 0.2) is 53.3 Å². The van der Waals surface area contributed by atoms with Gasteiger partial charge in [0.2, 0.25) is 0 Å². The minimum Gasteiger partial charge on any atom is -0.324 e. The largest absolute Gasteiger partial charge is 0.324 e. The molecule has 0 aliphatic rings. The molecular formula is C18H15NO. The van der Waals surface area contributed by atoms with E-state index < -0.39 is 5.54 Å². The summed E-state index contributed by atoms with van der Waals surface area (Å²) in [6.45, 7) is 3.96. The van der Waals surface area contributed by atoms with Crippen LogP contribution in [0, 0.1) is 12.3 Å². The van der Waals surface area contributed by atoms with Crippen molar-refractivity contribution >= 4 is 21.8 Å². The zero-order valence-electron chi connectivity index (χ0n) is 11.6. The van der Waals surface area contributed by atoms with Crippen LogP contribution in [-0.4, -0.2) is 4.57 Å². The van der Waals surface area contributed by atoms with Crippen LogP contribution in [-0.2, 0) is 5.54 Å². The van der Waals surface area contributed by atoms with E-state index in [1.807, 2.05) is 62.4 Å². The number of rotatable bonds is 1. The van der Waals surface area contributed by atoms with Gasteiger partial charge in [-0.15, -0.1) is 6.42 Å². The van der Waals surface area contributed by atoms with Crippen LogP contribution in [0.5, 0.6) is 0 Å². The fraction of sp³-hybridized carbons (Fsp3) is 0.167. The van der Waals surface area contributed by atoms with Crippen molar-refractivity contribution in [1.82, 2.24) is 4.57 Å². The van der Waals surface area contributed by atoms with E-state index >= 15 is 0 Å². The van der Waals surface area contributed by atoms with Gasteiger partial charge in [0.25, 0.3) is 0 Å². The minimum atomic E-state index is -0.507. The highest BCUT2D eigenvalue weighted by Crippen LogP contribution is 2.26. The highest BCUT2D eigenvalue weighted by Gasteiger charge is 2.21. The van der Waals surface area contributed by atoms with Gasteiger partial charge in [0.1, 0.15) is 5.54 Å². The van der Waals surface area contributed by atoms with Gasteiger partial charge in [0, 0.05) is 10.8 Å². The summed E-state index contributed by atoms with van der Waals surface area (Å²) >= 11 is 0. The number of pyridine rings is 1. The van der Waals surface area contributed by atoms with Crippen molar-refractivity contribution in [3.05, 3.63) is 58.8 Å². The average molecular weight is 261 g/mol.